The molecule has 2 heteroatoms. The lowest BCUT2D eigenvalue weighted by atomic mass is 9.66. The van der Waals surface area contributed by atoms with E-state index >= 15 is 0 Å². The predicted molar refractivity (Wildman–Crippen MR) is 163 cm³/mol. The van der Waals surface area contributed by atoms with Crippen LogP contribution in [-0.4, -0.2) is 4.57 Å². The number of para-hydroxylation sites is 2. The fourth-order valence-corrected chi connectivity index (χ4v) is 8.81. The van der Waals surface area contributed by atoms with E-state index in [1.54, 1.807) is 0 Å². The lowest BCUT2D eigenvalue weighted by Gasteiger charge is -2.41. The Balaban J connectivity index is 1.50. The van der Waals surface area contributed by atoms with Gasteiger partial charge in [-0.1, -0.05) is 115 Å². The van der Waals surface area contributed by atoms with Gasteiger partial charge in [0.1, 0.15) is 0 Å². The van der Waals surface area contributed by atoms with Crippen molar-refractivity contribution in [2.24, 2.45) is 0 Å². The summed E-state index contributed by atoms with van der Waals surface area (Å²) in [5.74, 6) is 0. The van der Waals surface area contributed by atoms with Crippen LogP contribution in [0.3, 0.4) is 0 Å². The molecule has 9 rings (SSSR count). The summed E-state index contributed by atoms with van der Waals surface area (Å²) in [5.41, 5.74) is 12.1. The molecule has 1 nitrogen and oxygen atoms in total. The largest absolute Gasteiger partial charge is 0.308 e. The molecule has 3 aliphatic rings. The molecule has 0 fully saturated rings. The zero-order chi connectivity index (χ0) is 25.6. The molecule has 184 valence electrons. The standard InChI is InChI=1S/C37H25NS/c1-2-12-24(13-3-1)38-33-20-10-6-16-27(33)28-22-23-32-36(35(28)38)39-34-21-11-9-19-31(34)37(32)29-17-7-4-14-25(29)26-15-5-8-18-30(26)37/h1-4,6-14,16-23H,5,15H2. The van der Waals surface area contributed by atoms with Crippen molar-refractivity contribution < 1.29 is 0 Å². The first-order chi connectivity index (χ1) is 19.4. The van der Waals surface area contributed by atoms with Crippen molar-refractivity contribution in [3.8, 4) is 5.69 Å². The summed E-state index contributed by atoms with van der Waals surface area (Å²) in [4.78, 5) is 2.72. The van der Waals surface area contributed by atoms with E-state index in [0.717, 1.165) is 12.8 Å². The summed E-state index contributed by atoms with van der Waals surface area (Å²) < 4.78 is 2.49. The second-order valence-electron chi connectivity index (χ2n) is 10.8. The molecular weight excluding hydrogens is 490 g/mol. The zero-order valence-electron chi connectivity index (χ0n) is 21.4. The van der Waals surface area contributed by atoms with Gasteiger partial charge in [-0.25, -0.2) is 0 Å². The second kappa shape index (κ2) is 7.88. The molecule has 0 radical (unpaired) electrons. The van der Waals surface area contributed by atoms with Crippen LogP contribution in [0.2, 0.25) is 0 Å². The van der Waals surface area contributed by atoms with E-state index in [0.29, 0.717) is 0 Å². The zero-order valence-corrected chi connectivity index (χ0v) is 22.2. The van der Waals surface area contributed by atoms with E-state index in [1.807, 2.05) is 11.8 Å². The number of fused-ring (bicyclic) bond motifs is 12. The van der Waals surface area contributed by atoms with Crippen molar-refractivity contribution in [2.75, 3.05) is 0 Å². The molecule has 0 amide bonds. The van der Waals surface area contributed by atoms with E-state index < -0.39 is 0 Å². The summed E-state index contributed by atoms with van der Waals surface area (Å²) in [6.45, 7) is 0. The Morgan fingerprint density at radius 3 is 2.33 bits per heavy atom. The molecule has 1 aliphatic heterocycles. The summed E-state index contributed by atoms with van der Waals surface area (Å²) >= 11 is 1.94. The summed E-state index contributed by atoms with van der Waals surface area (Å²) in [5, 5.41) is 2.62. The Labute approximate surface area is 232 Å². The third kappa shape index (κ3) is 2.67. The van der Waals surface area contributed by atoms with Crippen molar-refractivity contribution >= 4 is 39.1 Å². The van der Waals surface area contributed by atoms with Gasteiger partial charge in [0.25, 0.3) is 0 Å². The molecule has 0 saturated heterocycles. The lowest BCUT2D eigenvalue weighted by molar-refractivity contribution is 0.715. The Morgan fingerprint density at radius 1 is 0.641 bits per heavy atom. The van der Waals surface area contributed by atoms with Crippen LogP contribution in [-0.2, 0) is 5.41 Å². The quantitative estimate of drug-likeness (QED) is 0.211. The molecule has 2 aliphatic carbocycles. The Kier molecular flexibility index (Phi) is 4.37. The molecule has 1 aromatic heterocycles. The monoisotopic (exact) mass is 515 g/mol. The number of aromatic nitrogens is 1. The van der Waals surface area contributed by atoms with Gasteiger partial charge in [-0.3, -0.25) is 0 Å². The van der Waals surface area contributed by atoms with Crippen molar-refractivity contribution in [3.63, 3.8) is 0 Å². The molecule has 1 atom stereocenters. The molecule has 2 heterocycles. The van der Waals surface area contributed by atoms with Gasteiger partial charge in [0, 0.05) is 26.3 Å². The topological polar surface area (TPSA) is 4.93 Å². The van der Waals surface area contributed by atoms with E-state index in [1.165, 1.54) is 70.7 Å². The van der Waals surface area contributed by atoms with Gasteiger partial charge in [0.05, 0.1) is 16.4 Å². The van der Waals surface area contributed by atoms with Crippen molar-refractivity contribution in [1.82, 2.24) is 4.57 Å². The van der Waals surface area contributed by atoms with Gasteiger partial charge in [-0.2, -0.15) is 0 Å². The fraction of sp³-hybridized carbons (Fsp3) is 0.0811. The first-order valence-electron chi connectivity index (χ1n) is 13.8. The van der Waals surface area contributed by atoms with Gasteiger partial charge in [-0.05, 0) is 70.5 Å². The fourth-order valence-electron chi connectivity index (χ4n) is 7.49. The van der Waals surface area contributed by atoms with Crippen LogP contribution < -0.4 is 0 Å². The van der Waals surface area contributed by atoms with Crippen molar-refractivity contribution in [3.05, 3.63) is 155 Å². The molecule has 39 heavy (non-hydrogen) atoms. The van der Waals surface area contributed by atoms with Crippen molar-refractivity contribution in [2.45, 2.75) is 28.0 Å². The second-order valence-corrected chi connectivity index (χ2v) is 11.8. The number of nitrogens with zero attached hydrogens (tertiary/aromatic N) is 1. The predicted octanol–water partition coefficient (Wildman–Crippen LogP) is 9.70. The molecule has 6 aromatic rings. The molecule has 1 spiro atoms. The number of hydrogen-bond acceptors (Lipinski definition) is 1. The van der Waals surface area contributed by atoms with Crippen LogP contribution >= 0.6 is 11.8 Å². The highest BCUT2D eigenvalue weighted by molar-refractivity contribution is 7.99. The van der Waals surface area contributed by atoms with Gasteiger partial charge >= 0.3 is 0 Å². The number of allylic oxidation sites excluding steroid dienone is 4. The van der Waals surface area contributed by atoms with Crippen LogP contribution in [0, 0.1) is 0 Å². The maximum Gasteiger partial charge on any atom is 0.0732 e. The maximum absolute atomic E-state index is 2.49. The number of hydrogen-bond donors (Lipinski definition) is 0. The number of rotatable bonds is 1. The van der Waals surface area contributed by atoms with Crippen molar-refractivity contribution in [1.29, 1.82) is 0 Å². The van der Waals surface area contributed by atoms with Crippen LogP contribution in [0.5, 0.6) is 0 Å². The van der Waals surface area contributed by atoms with Gasteiger partial charge in [0.15, 0.2) is 0 Å². The lowest BCUT2D eigenvalue weighted by Crippen LogP contribution is -2.33. The average molecular weight is 516 g/mol. The highest BCUT2D eigenvalue weighted by Crippen LogP contribution is 2.63. The molecule has 0 saturated carbocycles. The third-order valence-corrected chi connectivity index (χ3v) is 10.1. The SMILES string of the molecule is C1=CC2=C(CC1)c1ccccc1C21c2ccccc2Sc2c1ccc1c3ccccc3n(-c3ccccc3)c21. The van der Waals surface area contributed by atoms with Gasteiger partial charge in [-0.15, -0.1) is 0 Å². The summed E-state index contributed by atoms with van der Waals surface area (Å²) in [6.07, 6.45) is 7.03. The molecule has 1 unspecified atom stereocenters. The molecular formula is C37H25NS. The van der Waals surface area contributed by atoms with Crippen LogP contribution in [0.15, 0.2) is 143 Å². The van der Waals surface area contributed by atoms with Gasteiger partial charge in [0.2, 0.25) is 0 Å². The molecule has 0 bridgehead atoms. The summed E-state index contributed by atoms with van der Waals surface area (Å²) in [6, 6.07) is 42.8. The number of benzene rings is 5. The minimum atomic E-state index is -0.313. The normalized spacial score (nSPS) is 18.9. The average Bonchev–Trinajstić information content (AvgIpc) is 3.50. The van der Waals surface area contributed by atoms with Crippen LogP contribution in [0.4, 0.5) is 0 Å². The Bertz CT molecular complexity index is 2040. The Morgan fingerprint density at radius 2 is 1.41 bits per heavy atom. The maximum atomic E-state index is 2.49. The van der Waals surface area contributed by atoms with E-state index in [2.05, 4.69) is 132 Å². The smallest absolute Gasteiger partial charge is 0.0732 e. The minimum absolute atomic E-state index is 0.313. The first kappa shape index (κ1) is 21.6. The van der Waals surface area contributed by atoms with E-state index in [-0.39, 0.29) is 5.41 Å². The molecule has 5 aromatic carbocycles. The highest BCUT2D eigenvalue weighted by atomic mass is 32.2. The summed E-state index contributed by atoms with van der Waals surface area (Å²) in [7, 11) is 0. The Hall–Kier alpha value is -4.27. The highest BCUT2D eigenvalue weighted by Gasteiger charge is 2.51. The van der Waals surface area contributed by atoms with Gasteiger partial charge < -0.3 is 4.57 Å². The minimum Gasteiger partial charge on any atom is -0.308 e. The van der Waals surface area contributed by atoms with Crippen LogP contribution in [0.1, 0.15) is 35.1 Å². The molecule has 0 N–H and O–H groups in total. The van der Waals surface area contributed by atoms with Crippen LogP contribution in [0.25, 0.3) is 33.1 Å². The third-order valence-electron chi connectivity index (χ3n) is 8.94. The van der Waals surface area contributed by atoms with E-state index in [4.69, 9.17) is 0 Å². The van der Waals surface area contributed by atoms with E-state index in [9.17, 15) is 0 Å². The first-order valence-corrected chi connectivity index (χ1v) is 14.6.